The van der Waals surface area contributed by atoms with Crippen molar-refractivity contribution in [1.82, 2.24) is 10.2 Å². The zero-order valence-corrected chi connectivity index (χ0v) is 17.4. The van der Waals surface area contributed by atoms with E-state index in [1.807, 2.05) is 0 Å². The molecule has 0 atom stereocenters. The molecule has 150 valence electrons. The highest BCUT2D eigenvalue weighted by molar-refractivity contribution is 8.01. The fraction of sp³-hybridized carbons (Fsp3) is 0.0588. The third kappa shape index (κ3) is 5.86. The topological polar surface area (TPSA) is 84.0 Å². The zero-order chi connectivity index (χ0) is 21.0. The molecular formula is C17H10Cl2F2N4O2S2. The second-order valence-electron chi connectivity index (χ2n) is 5.41. The summed E-state index contributed by atoms with van der Waals surface area (Å²) in [6.07, 6.45) is 0. The number of hydrogen-bond donors (Lipinski definition) is 2. The molecule has 1 heterocycles. The first-order valence-corrected chi connectivity index (χ1v) is 10.4. The summed E-state index contributed by atoms with van der Waals surface area (Å²) in [6, 6.07) is 7.33. The smallest absolute Gasteiger partial charge is 0.259 e. The van der Waals surface area contributed by atoms with Gasteiger partial charge in [0.05, 0.1) is 22.0 Å². The highest BCUT2D eigenvalue weighted by Gasteiger charge is 2.15. The van der Waals surface area contributed by atoms with Crippen molar-refractivity contribution in [2.24, 2.45) is 0 Å². The van der Waals surface area contributed by atoms with Crippen LogP contribution in [0.5, 0.6) is 0 Å². The SMILES string of the molecule is O=C(CSc1nnc(NC(=O)c2cc(Cl)ccc2Cl)s1)Nc1ccc(F)cc1F. The average Bonchev–Trinajstić information content (AvgIpc) is 3.11. The molecule has 0 aliphatic carbocycles. The second-order valence-corrected chi connectivity index (χ2v) is 8.46. The zero-order valence-electron chi connectivity index (χ0n) is 14.2. The number of nitrogens with one attached hydrogen (secondary N) is 2. The Morgan fingerprint density at radius 2 is 1.86 bits per heavy atom. The van der Waals surface area contributed by atoms with Crippen molar-refractivity contribution in [2.45, 2.75) is 4.34 Å². The minimum absolute atomic E-state index is 0.0838. The van der Waals surface area contributed by atoms with E-state index in [0.717, 1.165) is 35.2 Å². The van der Waals surface area contributed by atoms with Gasteiger partial charge in [-0.3, -0.25) is 14.9 Å². The number of carbonyl (C=O) groups excluding carboxylic acids is 2. The molecule has 6 nitrogen and oxygen atoms in total. The molecule has 0 radical (unpaired) electrons. The molecule has 0 saturated carbocycles. The lowest BCUT2D eigenvalue weighted by Crippen LogP contribution is -2.15. The normalized spacial score (nSPS) is 10.6. The number of halogens is 4. The van der Waals surface area contributed by atoms with E-state index in [-0.39, 0.29) is 27.2 Å². The van der Waals surface area contributed by atoms with Crippen molar-refractivity contribution in [3.63, 3.8) is 0 Å². The summed E-state index contributed by atoms with van der Waals surface area (Å²) in [5.41, 5.74) is 0.0601. The standard InChI is InChI=1S/C17H10Cl2F2N4O2S2/c18-8-1-3-11(19)10(5-8)15(27)23-16-24-25-17(29-16)28-7-14(26)22-13-4-2-9(20)6-12(13)21/h1-6H,7H2,(H,22,26)(H,23,24,27). The van der Waals surface area contributed by atoms with Gasteiger partial charge in [-0.1, -0.05) is 46.3 Å². The Kier molecular flexibility index (Phi) is 7.01. The molecule has 0 bridgehead atoms. The van der Waals surface area contributed by atoms with Gasteiger partial charge in [-0.05, 0) is 30.3 Å². The highest BCUT2D eigenvalue weighted by atomic mass is 35.5. The molecular weight excluding hydrogens is 465 g/mol. The first kappa shape index (κ1) is 21.4. The fourth-order valence-corrected chi connectivity index (χ4v) is 3.98. The molecule has 3 rings (SSSR count). The number of aromatic nitrogens is 2. The Morgan fingerprint density at radius 1 is 1.07 bits per heavy atom. The lowest BCUT2D eigenvalue weighted by molar-refractivity contribution is -0.113. The lowest BCUT2D eigenvalue weighted by atomic mass is 10.2. The molecule has 12 heteroatoms. The predicted molar refractivity (Wildman–Crippen MR) is 110 cm³/mol. The summed E-state index contributed by atoms with van der Waals surface area (Å²) in [5.74, 6) is -2.71. The first-order chi connectivity index (χ1) is 13.8. The third-order valence-corrected chi connectivity index (χ3v) is 5.87. The third-order valence-electron chi connectivity index (χ3n) is 3.33. The van der Waals surface area contributed by atoms with Crippen LogP contribution in [0.25, 0.3) is 0 Å². The molecule has 1 aromatic heterocycles. The van der Waals surface area contributed by atoms with Crippen molar-refractivity contribution in [3.05, 3.63) is 63.6 Å². The molecule has 3 aromatic rings. The monoisotopic (exact) mass is 474 g/mol. The van der Waals surface area contributed by atoms with E-state index in [9.17, 15) is 18.4 Å². The fourth-order valence-electron chi connectivity index (χ4n) is 2.06. The van der Waals surface area contributed by atoms with E-state index in [2.05, 4.69) is 20.8 Å². The van der Waals surface area contributed by atoms with Crippen molar-refractivity contribution >= 4 is 68.9 Å². The van der Waals surface area contributed by atoms with Gasteiger partial charge in [0.2, 0.25) is 11.0 Å². The number of benzene rings is 2. The van der Waals surface area contributed by atoms with Gasteiger partial charge in [-0.15, -0.1) is 10.2 Å². The number of rotatable bonds is 6. The van der Waals surface area contributed by atoms with Crippen LogP contribution >= 0.6 is 46.3 Å². The van der Waals surface area contributed by atoms with Crippen molar-refractivity contribution in [2.75, 3.05) is 16.4 Å². The molecule has 2 N–H and O–H groups in total. The first-order valence-electron chi connectivity index (χ1n) is 7.79. The summed E-state index contributed by atoms with van der Waals surface area (Å²) >= 11 is 13.9. The Balaban J connectivity index is 1.55. The minimum Gasteiger partial charge on any atom is -0.323 e. The quantitative estimate of drug-likeness (QED) is 0.383. The second kappa shape index (κ2) is 9.49. The molecule has 29 heavy (non-hydrogen) atoms. The van der Waals surface area contributed by atoms with Crippen molar-refractivity contribution < 1.29 is 18.4 Å². The van der Waals surface area contributed by atoms with Gasteiger partial charge in [0.25, 0.3) is 5.91 Å². The predicted octanol–water partition coefficient (Wildman–Crippen LogP) is 5.11. The summed E-state index contributed by atoms with van der Waals surface area (Å²) in [4.78, 5) is 24.2. The maximum absolute atomic E-state index is 13.6. The number of nitrogens with zero attached hydrogens (tertiary/aromatic N) is 2. The van der Waals surface area contributed by atoms with E-state index >= 15 is 0 Å². The summed E-state index contributed by atoms with van der Waals surface area (Å²) in [6.45, 7) is 0. The summed E-state index contributed by atoms with van der Waals surface area (Å²) < 4.78 is 26.8. The van der Waals surface area contributed by atoms with Gasteiger partial charge in [-0.25, -0.2) is 8.78 Å². The van der Waals surface area contributed by atoms with Gasteiger partial charge in [-0.2, -0.15) is 0 Å². The van der Waals surface area contributed by atoms with Gasteiger partial charge in [0.15, 0.2) is 4.34 Å². The van der Waals surface area contributed by atoms with Crippen LogP contribution in [0.2, 0.25) is 10.0 Å². The van der Waals surface area contributed by atoms with Gasteiger partial charge >= 0.3 is 0 Å². The van der Waals surface area contributed by atoms with Gasteiger partial charge < -0.3 is 5.32 Å². The van der Waals surface area contributed by atoms with Crippen LogP contribution in [-0.2, 0) is 4.79 Å². The highest BCUT2D eigenvalue weighted by Crippen LogP contribution is 2.27. The Bertz CT molecular complexity index is 1080. The van der Waals surface area contributed by atoms with Crippen LogP contribution in [0, 0.1) is 11.6 Å². The van der Waals surface area contributed by atoms with E-state index in [1.54, 1.807) is 6.07 Å². The molecule has 2 amide bonds. The van der Waals surface area contributed by atoms with E-state index in [4.69, 9.17) is 23.2 Å². The number of carbonyl (C=O) groups is 2. The molecule has 0 aliphatic heterocycles. The molecule has 0 aliphatic rings. The molecule has 0 fully saturated rings. The van der Waals surface area contributed by atoms with E-state index in [1.165, 1.54) is 12.1 Å². The molecule has 0 saturated heterocycles. The Morgan fingerprint density at radius 3 is 2.62 bits per heavy atom. The van der Waals surface area contributed by atoms with Crippen LogP contribution in [-0.4, -0.2) is 27.8 Å². The number of thioether (sulfide) groups is 1. The Labute approximate surface area is 181 Å². The number of anilines is 2. The largest absolute Gasteiger partial charge is 0.323 e. The summed E-state index contributed by atoms with van der Waals surface area (Å²) in [7, 11) is 0. The molecule has 0 spiro atoms. The van der Waals surface area contributed by atoms with Crippen LogP contribution in [0.3, 0.4) is 0 Å². The van der Waals surface area contributed by atoms with Gasteiger partial charge in [0, 0.05) is 11.1 Å². The van der Waals surface area contributed by atoms with Crippen LogP contribution in [0.15, 0.2) is 40.7 Å². The molecule has 2 aromatic carbocycles. The molecule has 0 unspecified atom stereocenters. The number of hydrogen-bond acceptors (Lipinski definition) is 6. The van der Waals surface area contributed by atoms with E-state index < -0.39 is 23.4 Å². The number of amides is 2. The van der Waals surface area contributed by atoms with Crippen molar-refractivity contribution in [1.29, 1.82) is 0 Å². The van der Waals surface area contributed by atoms with Crippen LogP contribution in [0.1, 0.15) is 10.4 Å². The van der Waals surface area contributed by atoms with Crippen molar-refractivity contribution in [3.8, 4) is 0 Å². The van der Waals surface area contributed by atoms with E-state index in [0.29, 0.717) is 15.4 Å². The lowest BCUT2D eigenvalue weighted by Gasteiger charge is -2.05. The van der Waals surface area contributed by atoms with Crippen LogP contribution < -0.4 is 10.6 Å². The average molecular weight is 475 g/mol. The minimum atomic E-state index is -0.871. The maximum Gasteiger partial charge on any atom is 0.259 e. The maximum atomic E-state index is 13.6. The van der Waals surface area contributed by atoms with Gasteiger partial charge in [0.1, 0.15) is 11.6 Å². The Hall–Kier alpha value is -2.27. The van der Waals surface area contributed by atoms with Crippen LogP contribution in [0.4, 0.5) is 19.6 Å². The summed E-state index contributed by atoms with van der Waals surface area (Å²) in [5, 5.41) is 13.4.